The first-order valence-corrected chi connectivity index (χ1v) is 12.4. The van der Waals surface area contributed by atoms with E-state index in [-0.39, 0.29) is 30.7 Å². The van der Waals surface area contributed by atoms with E-state index in [1.165, 1.54) is 12.5 Å². The quantitative estimate of drug-likeness (QED) is 0.516. The molecular weight excluding hydrogens is 444 g/mol. The molecule has 3 rings (SSSR count). The summed E-state index contributed by atoms with van der Waals surface area (Å²) in [5, 5.41) is 5.78. The molecule has 0 saturated carbocycles. The third-order valence-corrected chi connectivity index (χ3v) is 5.92. The molecule has 3 radical (unpaired) electrons. The Kier molecular flexibility index (Phi) is 8.75. The predicted molar refractivity (Wildman–Crippen MR) is 138 cm³/mol. The molecule has 1 atom stereocenters. The van der Waals surface area contributed by atoms with E-state index in [2.05, 4.69) is 26.9 Å². The van der Waals surface area contributed by atoms with Crippen molar-refractivity contribution >= 4 is 32.5 Å². The minimum atomic E-state index is -0.510. The van der Waals surface area contributed by atoms with Gasteiger partial charge in [0.05, 0.1) is 25.2 Å². The Balaban J connectivity index is 1.73. The van der Waals surface area contributed by atoms with Crippen LogP contribution in [0.25, 0.3) is 5.65 Å². The van der Waals surface area contributed by atoms with Crippen LogP contribution in [-0.2, 0) is 11.3 Å². The second kappa shape index (κ2) is 12.0. The van der Waals surface area contributed by atoms with Crippen LogP contribution in [0.15, 0.2) is 6.20 Å². The van der Waals surface area contributed by atoms with Crippen molar-refractivity contribution in [3.8, 4) is 6.01 Å². The lowest BCUT2D eigenvalue weighted by Gasteiger charge is -2.37. The van der Waals surface area contributed by atoms with Crippen molar-refractivity contribution in [3.05, 3.63) is 11.9 Å². The first-order chi connectivity index (χ1) is 17.0. The summed E-state index contributed by atoms with van der Waals surface area (Å²) in [5.74, 6) is 0.342. The zero-order valence-electron chi connectivity index (χ0n) is 22.9. The summed E-state index contributed by atoms with van der Waals surface area (Å²) >= 11 is 0. The van der Waals surface area contributed by atoms with E-state index < -0.39 is 5.60 Å². The fourth-order valence-electron chi connectivity index (χ4n) is 4.12. The highest BCUT2D eigenvalue weighted by Crippen LogP contribution is 2.22. The van der Waals surface area contributed by atoms with E-state index in [0.29, 0.717) is 18.0 Å². The molecule has 2 aromatic heterocycles. The highest BCUT2D eigenvalue weighted by molar-refractivity contribution is 6.89. The van der Waals surface area contributed by atoms with Crippen LogP contribution in [0.2, 0.25) is 1.41 Å². The molecule has 3 heterocycles. The van der Waals surface area contributed by atoms with Crippen molar-refractivity contribution in [1.82, 2.24) is 29.4 Å². The summed E-state index contributed by atoms with van der Waals surface area (Å²) in [6.07, 6.45) is 5.19. The number of nitrogens with zero attached hydrogens (tertiary/aromatic N) is 6. The van der Waals surface area contributed by atoms with Crippen LogP contribution in [0, 0.1) is 0 Å². The van der Waals surface area contributed by atoms with Crippen LogP contribution in [0.1, 0.15) is 66.0 Å². The summed E-state index contributed by atoms with van der Waals surface area (Å²) in [5.41, 5.74) is 0.853. The normalized spacial score (nSPS) is 16.6. The molecule has 1 N–H and O–H groups in total. The fraction of sp³-hybridized carbons (Fsp3) is 0.739. The lowest BCUT2D eigenvalue weighted by atomic mass is 9.56. The van der Waals surface area contributed by atoms with Crippen LogP contribution < -0.4 is 10.0 Å². The average molecular weight is 483 g/mol. The summed E-state index contributed by atoms with van der Waals surface area (Å²) in [7, 11) is 8.76. The Morgan fingerprint density at radius 1 is 1.43 bits per heavy atom. The molecule has 1 saturated heterocycles. The maximum Gasteiger partial charge on any atom is 0.410 e. The summed E-state index contributed by atoms with van der Waals surface area (Å²) in [4.78, 5) is 25.5. The highest BCUT2D eigenvalue weighted by atomic mass is 16.6. The zero-order chi connectivity index (χ0) is 26.5. The van der Waals surface area contributed by atoms with Gasteiger partial charge in [-0.2, -0.15) is 4.98 Å². The highest BCUT2D eigenvalue weighted by Gasteiger charge is 2.29. The number of piperidine rings is 1. The molecule has 0 spiro atoms. The molecule has 0 aliphatic carbocycles. The first-order valence-electron chi connectivity index (χ1n) is 12.9. The molecule has 1 aliphatic rings. The van der Waals surface area contributed by atoms with Crippen LogP contribution >= 0.6 is 0 Å². The van der Waals surface area contributed by atoms with Gasteiger partial charge < -0.3 is 19.7 Å². The standard InChI is InChI=1S/C23H38B2N7O3/c1-7-8-16(2)34-21-28-19(27-15-25-24)20-26-13-18(32(20)29-21)14-31-11-9-17(10-12-31)30(6)22(33)35-23(3,4)5/h13,16-17H,7-12,14-15H2,1-6H3,(H,27,28,29)/i/hD. The van der Waals surface area contributed by atoms with Gasteiger partial charge in [-0.3, -0.25) is 4.90 Å². The van der Waals surface area contributed by atoms with Gasteiger partial charge in [0.1, 0.15) is 5.60 Å². The van der Waals surface area contributed by atoms with Gasteiger partial charge in [-0.05, 0) is 53.4 Å². The second-order valence-electron chi connectivity index (χ2n) is 10.1. The zero-order valence-corrected chi connectivity index (χ0v) is 21.9. The number of hydrogen-bond acceptors (Lipinski definition) is 8. The maximum atomic E-state index is 12.4. The fourth-order valence-corrected chi connectivity index (χ4v) is 4.12. The van der Waals surface area contributed by atoms with Crippen LogP contribution in [0.5, 0.6) is 6.01 Å². The van der Waals surface area contributed by atoms with Gasteiger partial charge in [0.2, 0.25) is 0 Å². The van der Waals surface area contributed by atoms with E-state index in [9.17, 15) is 4.79 Å². The summed E-state index contributed by atoms with van der Waals surface area (Å²) in [6.45, 7) is 12.0. The number of aromatic nitrogens is 4. The molecule has 0 bridgehead atoms. The van der Waals surface area contributed by atoms with Crippen LogP contribution in [0.4, 0.5) is 10.6 Å². The number of nitrogens with one attached hydrogen (secondary N) is 1. The SMILES string of the molecule is [2H]N(C[B][B])c1nc(OC(C)CCC)nn2c(CN3CCC(N(C)C(=O)OC(C)(C)C)CC3)cnc12. The molecule has 12 heteroatoms. The number of carbonyl (C=O) groups is 1. The third kappa shape index (κ3) is 7.49. The van der Waals surface area contributed by atoms with E-state index in [1.54, 1.807) is 15.6 Å². The number of ether oxygens (including phenoxy) is 2. The Hall–Kier alpha value is -2.49. The maximum absolute atomic E-state index is 12.4. The van der Waals surface area contributed by atoms with E-state index >= 15 is 0 Å². The molecule has 1 unspecified atom stereocenters. The van der Waals surface area contributed by atoms with E-state index in [4.69, 9.17) is 18.6 Å². The van der Waals surface area contributed by atoms with Gasteiger partial charge in [-0.25, -0.2) is 14.3 Å². The summed E-state index contributed by atoms with van der Waals surface area (Å²) < 4.78 is 21.5. The first kappa shape index (κ1) is 25.6. The van der Waals surface area contributed by atoms with Gasteiger partial charge in [-0.15, -0.1) is 5.10 Å². The van der Waals surface area contributed by atoms with Gasteiger partial charge >= 0.3 is 12.1 Å². The van der Waals surface area contributed by atoms with E-state index in [1.807, 2.05) is 34.7 Å². The lowest BCUT2D eigenvalue weighted by Crippen LogP contribution is -2.46. The molecule has 2 aromatic rings. The average Bonchev–Trinajstić information content (AvgIpc) is 3.20. The predicted octanol–water partition coefficient (Wildman–Crippen LogP) is 2.68. The van der Waals surface area contributed by atoms with Crippen molar-refractivity contribution < 1.29 is 15.7 Å². The number of carbonyl (C=O) groups excluding carboxylic acids is 1. The number of anilines is 1. The van der Waals surface area contributed by atoms with Gasteiger partial charge in [-0.1, -0.05) is 13.3 Å². The molecular formula is C23H38B2N7O3. The van der Waals surface area contributed by atoms with Crippen molar-refractivity contribution in [1.29, 1.82) is 0 Å². The van der Waals surface area contributed by atoms with Crippen molar-refractivity contribution in [2.45, 2.75) is 84.6 Å². The smallest absolute Gasteiger partial charge is 0.410 e. The topological polar surface area (TPSA) is 97.1 Å². The van der Waals surface area contributed by atoms with Gasteiger partial charge in [0.15, 0.2) is 12.9 Å². The number of imidazole rings is 1. The minimum absolute atomic E-state index is 0.0477. The second-order valence-corrected chi connectivity index (χ2v) is 10.1. The molecule has 189 valence electrons. The Labute approximate surface area is 212 Å². The molecule has 10 nitrogen and oxygen atoms in total. The number of amides is 1. The molecule has 1 amide bonds. The van der Waals surface area contributed by atoms with Crippen LogP contribution in [-0.4, -0.2) is 94.7 Å². The Bertz CT molecular complexity index is 1010. The van der Waals surface area contributed by atoms with Crippen molar-refractivity contribution in [2.75, 3.05) is 31.9 Å². The number of fused-ring (bicyclic) bond motifs is 1. The molecule has 35 heavy (non-hydrogen) atoms. The molecule has 1 aliphatic heterocycles. The van der Waals surface area contributed by atoms with Crippen molar-refractivity contribution in [3.63, 3.8) is 0 Å². The van der Waals surface area contributed by atoms with Gasteiger partial charge in [0, 0.05) is 40.5 Å². The largest absolute Gasteiger partial charge is 0.459 e. The number of likely N-dealkylation sites (tertiary alicyclic amines) is 1. The number of hydrogen-bond donors (Lipinski definition) is 1. The molecule has 0 aromatic carbocycles. The molecule has 1 fully saturated rings. The monoisotopic (exact) mass is 483 g/mol. The van der Waals surface area contributed by atoms with E-state index in [0.717, 1.165) is 44.5 Å². The number of rotatable bonds is 10. The Morgan fingerprint density at radius 3 is 2.77 bits per heavy atom. The summed E-state index contributed by atoms with van der Waals surface area (Å²) in [6, 6.07) is 0.348. The third-order valence-electron chi connectivity index (χ3n) is 5.92. The van der Waals surface area contributed by atoms with Crippen molar-refractivity contribution in [2.24, 2.45) is 0 Å². The lowest BCUT2D eigenvalue weighted by molar-refractivity contribution is 0.0148. The van der Waals surface area contributed by atoms with Gasteiger partial charge in [0.25, 0.3) is 0 Å². The van der Waals surface area contributed by atoms with Crippen LogP contribution in [0.3, 0.4) is 0 Å². The minimum Gasteiger partial charge on any atom is -0.459 e. The Morgan fingerprint density at radius 2 is 2.14 bits per heavy atom.